The molecule has 0 aromatic carbocycles. The maximum absolute atomic E-state index is 11.9. The molecule has 0 spiro atoms. The summed E-state index contributed by atoms with van der Waals surface area (Å²) < 4.78 is 0. The van der Waals surface area contributed by atoms with Crippen LogP contribution in [0, 0.1) is 11.8 Å². The third-order valence-corrected chi connectivity index (χ3v) is 3.46. The van der Waals surface area contributed by atoms with E-state index in [2.05, 4.69) is 5.32 Å². The topological polar surface area (TPSA) is 52.6 Å². The highest BCUT2D eigenvalue weighted by Gasteiger charge is 2.26. The van der Waals surface area contributed by atoms with Gasteiger partial charge in [-0.05, 0) is 37.8 Å². The lowest BCUT2D eigenvalue weighted by Crippen LogP contribution is -2.47. The number of hydrogen-bond acceptors (Lipinski definition) is 3. The number of hydrogen-bond donors (Lipinski definition) is 2. The van der Waals surface area contributed by atoms with Crippen LogP contribution in [0.4, 0.5) is 0 Å². The predicted molar refractivity (Wildman–Crippen MR) is 57.4 cm³/mol. The molecule has 2 aliphatic rings. The van der Waals surface area contributed by atoms with E-state index in [1.54, 1.807) is 0 Å². The molecule has 0 aliphatic carbocycles. The molecule has 1 amide bonds. The van der Waals surface area contributed by atoms with Crippen LogP contribution in [0.25, 0.3) is 0 Å². The van der Waals surface area contributed by atoms with Crippen molar-refractivity contribution in [3.63, 3.8) is 0 Å². The fourth-order valence-electron chi connectivity index (χ4n) is 2.31. The van der Waals surface area contributed by atoms with Gasteiger partial charge in [-0.15, -0.1) is 0 Å². The van der Waals surface area contributed by atoms with Crippen LogP contribution in [0.15, 0.2) is 0 Å². The number of nitrogens with zero attached hydrogens (tertiary/aromatic N) is 1. The number of aliphatic hydroxyl groups excluding tert-OH is 1. The fraction of sp³-hybridized carbons (Fsp3) is 0.909. The minimum atomic E-state index is 0.217. The van der Waals surface area contributed by atoms with E-state index in [0.29, 0.717) is 18.3 Å². The maximum atomic E-state index is 11.9. The summed E-state index contributed by atoms with van der Waals surface area (Å²) in [4.78, 5) is 13.8. The van der Waals surface area contributed by atoms with Gasteiger partial charge in [0.1, 0.15) is 0 Å². The van der Waals surface area contributed by atoms with Gasteiger partial charge in [-0.1, -0.05) is 0 Å². The lowest BCUT2D eigenvalue weighted by Gasteiger charge is -2.34. The van der Waals surface area contributed by atoms with Crippen LogP contribution in [-0.2, 0) is 4.79 Å². The minimum Gasteiger partial charge on any atom is -0.396 e. The number of likely N-dealkylation sites (tertiary alicyclic amines) is 1. The quantitative estimate of drug-likeness (QED) is 0.683. The SMILES string of the molecule is O=C(CC1CNC1)N1CCCC(CO)C1. The van der Waals surface area contributed by atoms with Crippen molar-refractivity contribution >= 4 is 5.91 Å². The van der Waals surface area contributed by atoms with E-state index in [4.69, 9.17) is 5.11 Å². The lowest BCUT2D eigenvalue weighted by atomic mass is 9.95. The van der Waals surface area contributed by atoms with Crippen molar-refractivity contribution in [1.29, 1.82) is 0 Å². The van der Waals surface area contributed by atoms with E-state index in [0.717, 1.165) is 39.0 Å². The van der Waals surface area contributed by atoms with Crippen LogP contribution in [0.2, 0.25) is 0 Å². The zero-order valence-electron chi connectivity index (χ0n) is 9.11. The Morgan fingerprint density at radius 1 is 1.40 bits per heavy atom. The van der Waals surface area contributed by atoms with Gasteiger partial charge in [0.2, 0.25) is 5.91 Å². The summed E-state index contributed by atoms with van der Waals surface area (Å²) in [5, 5.41) is 12.3. The highest BCUT2D eigenvalue weighted by Crippen LogP contribution is 2.18. The van der Waals surface area contributed by atoms with Crippen LogP contribution in [0.1, 0.15) is 19.3 Å². The van der Waals surface area contributed by atoms with Crippen LogP contribution >= 0.6 is 0 Å². The van der Waals surface area contributed by atoms with Gasteiger partial charge in [-0.2, -0.15) is 0 Å². The first kappa shape index (κ1) is 10.9. The average molecular weight is 212 g/mol. The van der Waals surface area contributed by atoms with Gasteiger partial charge < -0.3 is 15.3 Å². The van der Waals surface area contributed by atoms with Crippen molar-refractivity contribution in [1.82, 2.24) is 10.2 Å². The molecule has 2 N–H and O–H groups in total. The van der Waals surface area contributed by atoms with E-state index in [-0.39, 0.29) is 12.5 Å². The predicted octanol–water partition coefficient (Wildman–Crippen LogP) is -0.173. The van der Waals surface area contributed by atoms with Gasteiger partial charge in [-0.25, -0.2) is 0 Å². The van der Waals surface area contributed by atoms with Crippen LogP contribution in [-0.4, -0.2) is 48.7 Å². The van der Waals surface area contributed by atoms with Crippen molar-refractivity contribution in [2.75, 3.05) is 32.8 Å². The summed E-state index contributed by atoms with van der Waals surface area (Å²) in [6.45, 7) is 3.84. The molecule has 4 nitrogen and oxygen atoms in total. The normalized spacial score (nSPS) is 27.5. The maximum Gasteiger partial charge on any atom is 0.222 e. The molecule has 0 bridgehead atoms. The molecule has 0 aromatic heterocycles. The zero-order chi connectivity index (χ0) is 10.7. The van der Waals surface area contributed by atoms with Crippen LogP contribution < -0.4 is 5.32 Å². The van der Waals surface area contributed by atoms with Gasteiger partial charge in [0.05, 0.1) is 0 Å². The molecule has 0 radical (unpaired) electrons. The van der Waals surface area contributed by atoms with Crippen LogP contribution in [0.3, 0.4) is 0 Å². The van der Waals surface area contributed by atoms with Crippen molar-refractivity contribution in [2.45, 2.75) is 19.3 Å². The molecule has 2 rings (SSSR count). The summed E-state index contributed by atoms with van der Waals surface area (Å²) >= 11 is 0. The molecule has 0 aromatic rings. The highest BCUT2D eigenvalue weighted by molar-refractivity contribution is 5.76. The van der Waals surface area contributed by atoms with Crippen molar-refractivity contribution in [3.8, 4) is 0 Å². The molecule has 86 valence electrons. The lowest BCUT2D eigenvalue weighted by molar-refractivity contribution is -0.134. The first-order valence-corrected chi connectivity index (χ1v) is 5.89. The second-order valence-corrected chi connectivity index (χ2v) is 4.76. The average Bonchev–Trinajstić information content (AvgIpc) is 2.23. The summed E-state index contributed by atoms with van der Waals surface area (Å²) in [6, 6.07) is 0. The standard InChI is InChI=1S/C11H20N2O2/c14-8-9-2-1-3-13(7-9)11(15)4-10-5-12-6-10/h9-10,12,14H,1-8H2. The van der Waals surface area contributed by atoms with E-state index in [1.807, 2.05) is 4.90 Å². The van der Waals surface area contributed by atoms with Crippen LogP contribution in [0.5, 0.6) is 0 Å². The second-order valence-electron chi connectivity index (χ2n) is 4.76. The van der Waals surface area contributed by atoms with Gasteiger partial charge in [0, 0.05) is 26.1 Å². The molecule has 2 saturated heterocycles. The van der Waals surface area contributed by atoms with Crippen molar-refractivity contribution in [2.24, 2.45) is 11.8 Å². The second kappa shape index (κ2) is 4.94. The highest BCUT2D eigenvalue weighted by atomic mass is 16.3. The van der Waals surface area contributed by atoms with Gasteiger partial charge in [-0.3, -0.25) is 4.79 Å². The Balaban J connectivity index is 1.78. The number of rotatable bonds is 3. The Morgan fingerprint density at radius 3 is 2.80 bits per heavy atom. The van der Waals surface area contributed by atoms with E-state index in [1.165, 1.54) is 0 Å². The Kier molecular flexibility index (Phi) is 3.59. The first-order valence-electron chi connectivity index (χ1n) is 5.89. The Morgan fingerprint density at radius 2 is 2.20 bits per heavy atom. The summed E-state index contributed by atoms with van der Waals surface area (Å²) in [5.74, 6) is 1.13. The first-order chi connectivity index (χ1) is 7.29. The molecular formula is C11H20N2O2. The van der Waals surface area contributed by atoms with Crippen molar-refractivity contribution < 1.29 is 9.90 Å². The third-order valence-electron chi connectivity index (χ3n) is 3.46. The molecular weight excluding hydrogens is 192 g/mol. The molecule has 0 saturated carbocycles. The smallest absolute Gasteiger partial charge is 0.222 e. The summed E-state index contributed by atoms with van der Waals surface area (Å²) in [6.07, 6.45) is 2.79. The Hall–Kier alpha value is -0.610. The van der Waals surface area contributed by atoms with E-state index in [9.17, 15) is 4.79 Å². The van der Waals surface area contributed by atoms with Gasteiger partial charge in [0.25, 0.3) is 0 Å². The molecule has 15 heavy (non-hydrogen) atoms. The summed E-state index contributed by atoms with van der Waals surface area (Å²) in [7, 11) is 0. The Labute approximate surface area is 90.6 Å². The van der Waals surface area contributed by atoms with E-state index >= 15 is 0 Å². The molecule has 1 unspecified atom stereocenters. The number of nitrogens with one attached hydrogen (secondary N) is 1. The third kappa shape index (κ3) is 2.69. The number of piperidine rings is 1. The summed E-state index contributed by atoms with van der Waals surface area (Å²) in [5.41, 5.74) is 0. The molecule has 2 heterocycles. The van der Waals surface area contributed by atoms with Crippen molar-refractivity contribution in [3.05, 3.63) is 0 Å². The minimum absolute atomic E-state index is 0.217. The van der Waals surface area contributed by atoms with Gasteiger partial charge in [0.15, 0.2) is 0 Å². The molecule has 1 atom stereocenters. The number of aliphatic hydroxyl groups is 1. The fourth-order valence-corrected chi connectivity index (χ4v) is 2.31. The zero-order valence-corrected chi connectivity index (χ0v) is 9.11. The number of amides is 1. The molecule has 2 fully saturated rings. The molecule has 4 heteroatoms. The Bertz CT molecular complexity index is 229. The monoisotopic (exact) mass is 212 g/mol. The largest absolute Gasteiger partial charge is 0.396 e. The van der Waals surface area contributed by atoms with E-state index < -0.39 is 0 Å². The molecule has 2 aliphatic heterocycles. The van der Waals surface area contributed by atoms with Gasteiger partial charge >= 0.3 is 0 Å². The number of carbonyl (C=O) groups is 1. The number of carbonyl (C=O) groups excluding carboxylic acids is 1.